The zero-order valence-corrected chi connectivity index (χ0v) is 7.67. The second-order valence-corrected chi connectivity index (χ2v) is 2.62. The first-order valence-corrected chi connectivity index (χ1v) is 4.09. The molecule has 5 heteroatoms. The lowest BCUT2D eigenvalue weighted by molar-refractivity contribution is 1.03. The maximum absolute atomic E-state index is 5.53. The standard InChI is InChI=1S/C8H9ClN4/c9-8-12-5-6(7(11)13-8)3-1-2-4-10/h5H,2,4,10H2,(H2,11,12,13). The van der Waals surface area contributed by atoms with Crippen molar-refractivity contribution < 1.29 is 0 Å². The SMILES string of the molecule is NCCC#Cc1cnc(Cl)nc1N. The van der Waals surface area contributed by atoms with E-state index in [1.165, 1.54) is 6.20 Å². The van der Waals surface area contributed by atoms with Crippen LogP contribution in [0.15, 0.2) is 6.20 Å². The van der Waals surface area contributed by atoms with Crippen LogP contribution >= 0.6 is 11.6 Å². The highest BCUT2D eigenvalue weighted by atomic mass is 35.5. The largest absolute Gasteiger partial charge is 0.383 e. The number of nitrogen functional groups attached to an aromatic ring is 1. The normalized spacial score (nSPS) is 9.08. The molecule has 0 amide bonds. The van der Waals surface area contributed by atoms with E-state index in [0.717, 1.165) is 0 Å². The number of hydrogen-bond acceptors (Lipinski definition) is 4. The minimum atomic E-state index is 0.127. The summed E-state index contributed by atoms with van der Waals surface area (Å²) >= 11 is 5.51. The minimum Gasteiger partial charge on any atom is -0.383 e. The summed E-state index contributed by atoms with van der Waals surface area (Å²) in [6.07, 6.45) is 2.12. The molecule has 1 aromatic rings. The van der Waals surface area contributed by atoms with Crippen molar-refractivity contribution in [3.63, 3.8) is 0 Å². The van der Waals surface area contributed by atoms with Gasteiger partial charge in [0.05, 0.1) is 5.56 Å². The quantitative estimate of drug-likeness (QED) is 0.504. The molecule has 0 aliphatic rings. The highest BCUT2D eigenvalue weighted by molar-refractivity contribution is 6.28. The fourth-order valence-corrected chi connectivity index (χ4v) is 0.838. The summed E-state index contributed by atoms with van der Waals surface area (Å²) in [4.78, 5) is 7.51. The van der Waals surface area contributed by atoms with Crippen LogP contribution in [0.3, 0.4) is 0 Å². The third-order valence-electron chi connectivity index (χ3n) is 1.28. The summed E-state index contributed by atoms with van der Waals surface area (Å²) in [5.74, 6) is 5.93. The van der Waals surface area contributed by atoms with E-state index in [4.69, 9.17) is 23.1 Å². The average molecular weight is 197 g/mol. The number of anilines is 1. The molecule has 0 aromatic carbocycles. The van der Waals surface area contributed by atoms with Crippen molar-refractivity contribution in [2.24, 2.45) is 5.73 Å². The lowest BCUT2D eigenvalue weighted by atomic mass is 10.3. The average Bonchev–Trinajstić information content (AvgIpc) is 2.09. The number of rotatable bonds is 1. The molecule has 0 saturated carbocycles. The Morgan fingerprint density at radius 1 is 1.54 bits per heavy atom. The van der Waals surface area contributed by atoms with Crippen LogP contribution in [0.1, 0.15) is 12.0 Å². The molecule has 1 heterocycles. The van der Waals surface area contributed by atoms with Gasteiger partial charge in [-0.3, -0.25) is 0 Å². The van der Waals surface area contributed by atoms with E-state index in [1.54, 1.807) is 0 Å². The van der Waals surface area contributed by atoms with Gasteiger partial charge in [0.15, 0.2) is 0 Å². The molecular formula is C8H9ClN4. The first-order valence-electron chi connectivity index (χ1n) is 3.71. The van der Waals surface area contributed by atoms with E-state index >= 15 is 0 Å². The molecule has 13 heavy (non-hydrogen) atoms. The molecule has 0 fully saturated rings. The molecule has 68 valence electrons. The summed E-state index contributed by atoms with van der Waals surface area (Å²) in [6.45, 7) is 0.529. The molecule has 1 aromatic heterocycles. The van der Waals surface area contributed by atoms with Crippen LogP contribution < -0.4 is 11.5 Å². The molecule has 0 unspecified atom stereocenters. The summed E-state index contributed by atoms with van der Waals surface area (Å²) in [6, 6.07) is 0. The molecule has 0 spiro atoms. The van der Waals surface area contributed by atoms with Gasteiger partial charge in [-0.25, -0.2) is 4.98 Å². The summed E-state index contributed by atoms with van der Waals surface area (Å²) in [5, 5.41) is 0.127. The minimum absolute atomic E-state index is 0.127. The predicted molar refractivity (Wildman–Crippen MR) is 52.0 cm³/mol. The van der Waals surface area contributed by atoms with Crippen molar-refractivity contribution in [1.29, 1.82) is 0 Å². The van der Waals surface area contributed by atoms with Crippen molar-refractivity contribution in [2.75, 3.05) is 12.3 Å². The molecule has 0 saturated heterocycles. The fourth-order valence-electron chi connectivity index (χ4n) is 0.699. The number of hydrogen-bond donors (Lipinski definition) is 2. The Labute approximate surface area is 81.3 Å². The first kappa shape index (κ1) is 9.78. The van der Waals surface area contributed by atoms with Crippen LogP contribution in [0, 0.1) is 11.8 Å². The molecular weight excluding hydrogens is 188 g/mol. The van der Waals surface area contributed by atoms with Gasteiger partial charge in [-0.2, -0.15) is 4.98 Å². The van der Waals surface area contributed by atoms with Crippen molar-refractivity contribution in [3.05, 3.63) is 17.0 Å². The Hall–Kier alpha value is -1.31. The smallest absolute Gasteiger partial charge is 0.224 e. The number of nitrogens with zero attached hydrogens (tertiary/aromatic N) is 2. The third-order valence-corrected chi connectivity index (χ3v) is 1.46. The van der Waals surface area contributed by atoms with Crippen LogP contribution in [0.25, 0.3) is 0 Å². The maximum atomic E-state index is 5.53. The van der Waals surface area contributed by atoms with E-state index < -0.39 is 0 Å². The van der Waals surface area contributed by atoms with Crippen LogP contribution in [0.2, 0.25) is 5.28 Å². The van der Waals surface area contributed by atoms with Crippen molar-refractivity contribution >= 4 is 17.4 Å². The monoisotopic (exact) mass is 196 g/mol. The summed E-state index contributed by atoms with van der Waals surface area (Å²) in [7, 11) is 0. The van der Waals surface area contributed by atoms with Gasteiger partial charge in [0, 0.05) is 19.2 Å². The van der Waals surface area contributed by atoms with Gasteiger partial charge in [0.2, 0.25) is 5.28 Å². The van der Waals surface area contributed by atoms with E-state index in [9.17, 15) is 0 Å². The highest BCUT2D eigenvalue weighted by Gasteiger charge is 1.98. The van der Waals surface area contributed by atoms with E-state index in [-0.39, 0.29) is 5.28 Å². The van der Waals surface area contributed by atoms with Crippen LogP contribution in [-0.4, -0.2) is 16.5 Å². The number of aromatic nitrogens is 2. The van der Waals surface area contributed by atoms with E-state index in [1.807, 2.05) is 0 Å². The Morgan fingerprint density at radius 3 is 2.92 bits per heavy atom. The number of halogens is 1. The molecule has 1 rings (SSSR count). The lowest BCUT2D eigenvalue weighted by Gasteiger charge is -1.95. The molecule has 0 aliphatic heterocycles. The van der Waals surface area contributed by atoms with Crippen LogP contribution in [-0.2, 0) is 0 Å². The molecule has 0 aliphatic carbocycles. The molecule has 0 radical (unpaired) electrons. The second-order valence-electron chi connectivity index (χ2n) is 2.28. The summed E-state index contributed by atoms with van der Waals surface area (Å²) in [5.41, 5.74) is 11.4. The Kier molecular flexibility index (Phi) is 3.50. The number of nitrogens with two attached hydrogens (primary N) is 2. The molecule has 0 bridgehead atoms. The van der Waals surface area contributed by atoms with Gasteiger partial charge >= 0.3 is 0 Å². The zero-order chi connectivity index (χ0) is 9.68. The predicted octanol–water partition coefficient (Wildman–Crippen LogP) is 0.413. The van der Waals surface area contributed by atoms with Crippen molar-refractivity contribution in [2.45, 2.75) is 6.42 Å². The van der Waals surface area contributed by atoms with E-state index in [0.29, 0.717) is 24.3 Å². The summed E-state index contributed by atoms with van der Waals surface area (Å²) < 4.78 is 0. The van der Waals surface area contributed by atoms with Crippen molar-refractivity contribution in [1.82, 2.24) is 9.97 Å². The molecule has 4 nitrogen and oxygen atoms in total. The fraction of sp³-hybridized carbons (Fsp3) is 0.250. The highest BCUT2D eigenvalue weighted by Crippen LogP contribution is 2.08. The second kappa shape index (κ2) is 4.65. The van der Waals surface area contributed by atoms with Crippen LogP contribution in [0.4, 0.5) is 5.82 Å². The lowest BCUT2D eigenvalue weighted by Crippen LogP contribution is -1.97. The maximum Gasteiger partial charge on any atom is 0.224 e. The topological polar surface area (TPSA) is 77.8 Å². The van der Waals surface area contributed by atoms with Gasteiger partial charge in [0.25, 0.3) is 0 Å². The van der Waals surface area contributed by atoms with Crippen LogP contribution in [0.5, 0.6) is 0 Å². The first-order chi connectivity index (χ1) is 6.24. The Morgan fingerprint density at radius 2 is 2.31 bits per heavy atom. The van der Waals surface area contributed by atoms with Gasteiger partial charge < -0.3 is 11.5 Å². The van der Waals surface area contributed by atoms with E-state index in [2.05, 4.69) is 21.8 Å². The van der Waals surface area contributed by atoms with Gasteiger partial charge in [0.1, 0.15) is 5.82 Å². The molecule has 0 atom stereocenters. The third kappa shape index (κ3) is 2.90. The van der Waals surface area contributed by atoms with Gasteiger partial charge in [-0.05, 0) is 11.6 Å². The Bertz CT molecular complexity index is 353. The van der Waals surface area contributed by atoms with Gasteiger partial charge in [-0.15, -0.1) is 0 Å². The molecule has 4 N–H and O–H groups in total. The Balaban J connectivity index is 2.85. The van der Waals surface area contributed by atoms with Crippen molar-refractivity contribution in [3.8, 4) is 11.8 Å². The zero-order valence-electron chi connectivity index (χ0n) is 6.92. The van der Waals surface area contributed by atoms with Gasteiger partial charge in [-0.1, -0.05) is 11.8 Å².